The molecule has 5 heteroatoms. The average Bonchev–Trinajstić information content (AvgIpc) is 3.08. The third kappa shape index (κ3) is 2.77. The number of aromatic nitrogens is 1. The Bertz CT molecular complexity index is 389. The van der Waals surface area contributed by atoms with E-state index in [0.29, 0.717) is 10.3 Å². The van der Waals surface area contributed by atoms with Gasteiger partial charge in [0.1, 0.15) is 4.60 Å². The Labute approximate surface area is 108 Å². The Kier molecular flexibility index (Phi) is 3.54. The summed E-state index contributed by atoms with van der Waals surface area (Å²) in [7, 11) is 0. The van der Waals surface area contributed by atoms with Gasteiger partial charge in [0.25, 0.3) is 5.91 Å². The summed E-state index contributed by atoms with van der Waals surface area (Å²) in [5.41, 5.74) is 0.611. The molecule has 0 unspecified atom stereocenters. The maximum Gasteiger partial charge on any atom is 0.252 e. The number of pyridine rings is 1. The molecule has 1 aliphatic rings. The third-order valence-corrected chi connectivity index (χ3v) is 4.69. The van der Waals surface area contributed by atoms with E-state index >= 15 is 0 Å². The van der Waals surface area contributed by atoms with Crippen molar-refractivity contribution < 1.29 is 4.79 Å². The highest BCUT2D eigenvalue weighted by Crippen LogP contribution is 2.46. The molecule has 1 heterocycles. The van der Waals surface area contributed by atoms with Gasteiger partial charge in [0, 0.05) is 17.5 Å². The number of amides is 1. The number of thioether (sulfide) groups is 1. The van der Waals surface area contributed by atoms with Crippen molar-refractivity contribution in [2.45, 2.75) is 17.6 Å². The molecule has 1 N–H and O–H groups in total. The lowest BCUT2D eigenvalue weighted by molar-refractivity contribution is 0.0952. The van der Waals surface area contributed by atoms with Crippen molar-refractivity contribution in [1.82, 2.24) is 10.3 Å². The number of rotatable bonds is 4. The molecule has 2 rings (SSSR count). The van der Waals surface area contributed by atoms with Crippen molar-refractivity contribution in [2.24, 2.45) is 0 Å². The predicted molar refractivity (Wildman–Crippen MR) is 69.8 cm³/mol. The van der Waals surface area contributed by atoms with Gasteiger partial charge in [-0.3, -0.25) is 4.79 Å². The normalized spacial score (nSPS) is 16.9. The standard InChI is InChI=1S/C11H13BrN2OS/c1-16-11(4-5-11)7-14-10(15)8-2-3-9(12)13-6-8/h2-3,6H,4-5,7H2,1H3,(H,14,15). The van der Waals surface area contributed by atoms with E-state index in [0.717, 1.165) is 11.1 Å². The minimum Gasteiger partial charge on any atom is -0.351 e. The Morgan fingerprint density at radius 3 is 2.88 bits per heavy atom. The first-order valence-electron chi connectivity index (χ1n) is 5.10. The molecule has 0 aromatic carbocycles. The van der Waals surface area contributed by atoms with Gasteiger partial charge in [-0.25, -0.2) is 4.98 Å². The zero-order valence-electron chi connectivity index (χ0n) is 9.00. The second-order valence-electron chi connectivity index (χ2n) is 3.94. The van der Waals surface area contributed by atoms with Crippen LogP contribution in [0.1, 0.15) is 23.2 Å². The van der Waals surface area contributed by atoms with E-state index in [1.165, 1.54) is 12.8 Å². The number of nitrogens with zero attached hydrogens (tertiary/aromatic N) is 1. The Morgan fingerprint density at radius 2 is 2.38 bits per heavy atom. The van der Waals surface area contributed by atoms with Crippen LogP contribution in [0.2, 0.25) is 0 Å². The van der Waals surface area contributed by atoms with Crippen molar-refractivity contribution in [1.29, 1.82) is 0 Å². The van der Waals surface area contributed by atoms with Gasteiger partial charge in [-0.15, -0.1) is 0 Å². The highest BCUT2D eigenvalue weighted by molar-refractivity contribution is 9.10. The monoisotopic (exact) mass is 300 g/mol. The summed E-state index contributed by atoms with van der Waals surface area (Å²) in [6.07, 6.45) is 6.08. The lowest BCUT2D eigenvalue weighted by Gasteiger charge is -2.12. The molecule has 1 fully saturated rings. The molecule has 1 saturated carbocycles. The summed E-state index contributed by atoms with van der Waals surface area (Å²) in [5, 5.41) is 2.96. The van der Waals surface area contributed by atoms with E-state index < -0.39 is 0 Å². The molecule has 3 nitrogen and oxygen atoms in total. The molecule has 1 amide bonds. The SMILES string of the molecule is CSC1(CNC(=O)c2ccc(Br)nc2)CC1. The molecule has 0 radical (unpaired) electrons. The smallest absolute Gasteiger partial charge is 0.252 e. The third-order valence-electron chi connectivity index (χ3n) is 2.80. The lowest BCUT2D eigenvalue weighted by Crippen LogP contribution is -2.31. The van der Waals surface area contributed by atoms with Crippen LogP contribution in [0.5, 0.6) is 0 Å². The topological polar surface area (TPSA) is 42.0 Å². The first kappa shape index (κ1) is 11.9. The molecular weight excluding hydrogens is 288 g/mol. The number of nitrogens with one attached hydrogen (secondary N) is 1. The number of hydrogen-bond donors (Lipinski definition) is 1. The summed E-state index contributed by atoms with van der Waals surface area (Å²) in [6.45, 7) is 0.753. The van der Waals surface area contributed by atoms with Crippen LogP contribution in [0.25, 0.3) is 0 Å². The van der Waals surface area contributed by atoms with E-state index in [2.05, 4.69) is 32.5 Å². The van der Waals surface area contributed by atoms with E-state index in [9.17, 15) is 4.79 Å². The summed E-state index contributed by atoms with van der Waals surface area (Å²) in [6, 6.07) is 3.54. The molecule has 1 aliphatic carbocycles. The number of carbonyl (C=O) groups excluding carboxylic acids is 1. The number of carbonyl (C=O) groups is 1. The van der Waals surface area contributed by atoms with Gasteiger partial charge in [-0.2, -0.15) is 11.8 Å². The van der Waals surface area contributed by atoms with Crippen molar-refractivity contribution in [3.63, 3.8) is 0 Å². The molecule has 0 saturated heterocycles. The van der Waals surface area contributed by atoms with Gasteiger partial charge in [-0.05, 0) is 47.2 Å². The summed E-state index contributed by atoms with van der Waals surface area (Å²) < 4.78 is 1.05. The molecule has 0 aliphatic heterocycles. The highest BCUT2D eigenvalue weighted by atomic mass is 79.9. The zero-order chi connectivity index (χ0) is 11.6. The van der Waals surface area contributed by atoms with Crippen LogP contribution in [-0.2, 0) is 0 Å². The van der Waals surface area contributed by atoms with Crippen LogP contribution in [0.3, 0.4) is 0 Å². The number of hydrogen-bond acceptors (Lipinski definition) is 3. The molecule has 16 heavy (non-hydrogen) atoms. The average molecular weight is 301 g/mol. The second kappa shape index (κ2) is 4.75. The van der Waals surface area contributed by atoms with Crippen molar-refractivity contribution in [2.75, 3.05) is 12.8 Å². The predicted octanol–water partition coefficient (Wildman–Crippen LogP) is 2.47. The minimum atomic E-state index is -0.0414. The first-order chi connectivity index (χ1) is 7.65. The fourth-order valence-corrected chi connectivity index (χ4v) is 2.41. The molecule has 0 bridgehead atoms. The van der Waals surface area contributed by atoms with E-state index in [-0.39, 0.29) is 5.91 Å². The summed E-state index contributed by atoms with van der Waals surface area (Å²) in [5.74, 6) is -0.0414. The summed E-state index contributed by atoms with van der Waals surface area (Å²) >= 11 is 5.08. The van der Waals surface area contributed by atoms with Crippen molar-refractivity contribution >= 4 is 33.6 Å². The van der Waals surface area contributed by atoms with Crippen molar-refractivity contribution in [3.05, 3.63) is 28.5 Å². The zero-order valence-corrected chi connectivity index (χ0v) is 11.4. The van der Waals surface area contributed by atoms with Gasteiger partial charge in [0.2, 0.25) is 0 Å². The largest absolute Gasteiger partial charge is 0.351 e. The molecule has 0 atom stereocenters. The molecule has 1 aromatic heterocycles. The van der Waals surface area contributed by atoms with E-state index in [1.807, 2.05) is 11.8 Å². The quantitative estimate of drug-likeness (QED) is 0.869. The van der Waals surface area contributed by atoms with Gasteiger partial charge < -0.3 is 5.32 Å². The lowest BCUT2D eigenvalue weighted by atomic mass is 10.2. The van der Waals surface area contributed by atoms with Gasteiger partial charge in [0.05, 0.1) is 5.56 Å². The maximum atomic E-state index is 11.8. The van der Waals surface area contributed by atoms with Gasteiger partial charge in [-0.1, -0.05) is 0 Å². The van der Waals surface area contributed by atoms with Crippen molar-refractivity contribution in [3.8, 4) is 0 Å². The molecule has 1 aromatic rings. The van der Waals surface area contributed by atoms with Crippen LogP contribution in [-0.4, -0.2) is 28.4 Å². The molecular formula is C11H13BrN2OS. The van der Waals surface area contributed by atoms with Crippen LogP contribution >= 0.6 is 27.7 Å². The second-order valence-corrected chi connectivity index (χ2v) is 6.03. The van der Waals surface area contributed by atoms with Crippen LogP contribution in [0.15, 0.2) is 22.9 Å². The maximum absolute atomic E-state index is 11.8. The Hall–Kier alpha value is -0.550. The van der Waals surface area contributed by atoms with Crippen LogP contribution < -0.4 is 5.32 Å². The van der Waals surface area contributed by atoms with E-state index in [1.54, 1.807) is 18.3 Å². The molecule has 0 spiro atoms. The first-order valence-corrected chi connectivity index (χ1v) is 7.12. The van der Waals surface area contributed by atoms with Gasteiger partial charge in [0.15, 0.2) is 0 Å². The highest BCUT2D eigenvalue weighted by Gasteiger charge is 2.41. The molecule has 86 valence electrons. The van der Waals surface area contributed by atoms with E-state index in [4.69, 9.17) is 0 Å². The fraction of sp³-hybridized carbons (Fsp3) is 0.455. The summed E-state index contributed by atoms with van der Waals surface area (Å²) in [4.78, 5) is 15.8. The van der Waals surface area contributed by atoms with Crippen LogP contribution in [0, 0.1) is 0 Å². The number of halogens is 1. The fourth-order valence-electron chi connectivity index (χ4n) is 1.45. The van der Waals surface area contributed by atoms with Crippen LogP contribution in [0.4, 0.5) is 0 Å². The Morgan fingerprint density at radius 1 is 1.62 bits per heavy atom. The Balaban J connectivity index is 1.91. The van der Waals surface area contributed by atoms with Gasteiger partial charge >= 0.3 is 0 Å². The minimum absolute atomic E-state index is 0.0414.